The summed E-state index contributed by atoms with van der Waals surface area (Å²) >= 11 is 0. The molecule has 0 radical (unpaired) electrons. The first kappa shape index (κ1) is 24.3. The SMILES string of the molecule is CN(C)CCN(C)C(=O)C(CCC(=O)O)NC(=O)OCC1c2ccccc2-c2ccccc21. The Kier molecular flexibility index (Phi) is 8.06. The molecule has 33 heavy (non-hydrogen) atoms. The first-order valence-corrected chi connectivity index (χ1v) is 11.0. The number of likely N-dealkylation sites (N-methyl/N-ethyl adjacent to an activating group) is 2. The lowest BCUT2D eigenvalue weighted by Gasteiger charge is -2.25. The Labute approximate surface area is 194 Å². The predicted octanol–water partition coefficient (Wildman–Crippen LogP) is 2.78. The highest BCUT2D eigenvalue weighted by Crippen LogP contribution is 2.44. The Morgan fingerprint density at radius 3 is 2.09 bits per heavy atom. The average molecular weight is 454 g/mol. The van der Waals surface area contributed by atoms with Crippen LogP contribution in [0.5, 0.6) is 0 Å². The summed E-state index contributed by atoms with van der Waals surface area (Å²) in [4.78, 5) is 39.9. The molecule has 0 saturated carbocycles. The highest BCUT2D eigenvalue weighted by atomic mass is 16.5. The monoisotopic (exact) mass is 453 g/mol. The molecule has 1 aliphatic rings. The highest BCUT2D eigenvalue weighted by Gasteiger charge is 2.30. The first-order chi connectivity index (χ1) is 15.8. The van der Waals surface area contributed by atoms with Crippen molar-refractivity contribution in [2.24, 2.45) is 0 Å². The maximum Gasteiger partial charge on any atom is 0.407 e. The minimum atomic E-state index is -1.03. The van der Waals surface area contributed by atoms with Gasteiger partial charge < -0.3 is 25.0 Å². The van der Waals surface area contributed by atoms with Gasteiger partial charge in [0.2, 0.25) is 5.91 Å². The van der Waals surface area contributed by atoms with E-state index in [1.54, 1.807) is 7.05 Å². The van der Waals surface area contributed by atoms with Gasteiger partial charge in [-0.1, -0.05) is 48.5 Å². The van der Waals surface area contributed by atoms with Gasteiger partial charge in [-0.2, -0.15) is 0 Å². The van der Waals surface area contributed by atoms with E-state index in [4.69, 9.17) is 9.84 Å². The molecule has 2 aromatic carbocycles. The van der Waals surface area contributed by atoms with Gasteiger partial charge in [0.05, 0.1) is 0 Å². The van der Waals surface area contributed by atoms with E-state index >= 15 is 0 Å². The van der Waals surface area contributed by atoms with Crippen molar-refractivity contribution < 1.29 is 24.2 Å². The van der Waals surface area contributed by atoms with Crippen LogP contribution in [0, 0.1) is 0 Å². The van der Waals surface area contributed by atoms with Gasteiger partial charge >= 0.3 is 12.1 Å². The van der Waals surface area contributed by atoms with Gasteiger partial charge in [0.1, 0.15) is 12.6 Å². The molecule has 0 aromatic heterocycles. The number of carboxylic acid groups (broad SMARTS) is 1. The lowest BCUT2D eigenvalue weighted by atomic mass is 9.98. The van der Waals surface area contributed by atoms with E-state index in [0.717, 1.165) is 22.3 Å². The van der Waals surface area contributed by atoms with Crippen LogP contribution >= 0.6 is 0 Å². The smallest absolute Gasteiger partial charge is 0.407 e. The van der Waals surface area contributed by atoms with Crippen LogP contribution in [-0.4, -0.2) is 79.8 Å². The fraction of sp³-hybridized carbons (Fsp3) is 0.400. The number of hydrogen-bond acceptors (Lipinski definition) is 5. The Morgan fingerprint density at radius 1 is 0.970 bits per heavy atom. The van der Waals surface area contributed by atoms with Gasteiger partial charge in [-0.3, -0.25) is 9.59 Å². The number of nitrogens with one attached hydrogen (secondary N) is 1. The summed E-state index contributed by atoms with van der Waals surface area (Å²) in [5.41, 5.74) is 4.43. The molecule has 3 rings (SSSR count). The van der Waals surface area contributed by atoms with Crippen molar-refractivity contribution in [1.29, 1.82) is 0 Å². The molecule has 0 bridgehead atoms. The lowest BCUT2D eigenvalue weighted by molar-refractivity contribution is -0.137. The third kappa shape index (κ3) is 6.10. The van der Waals surface area contributed by atoms with Crippen LogP contribution in [0.1, 0.15) is 29.9 Å². The van der Waals surface area contributed by atoms with E-state index in [1.807, 2.05) is 55.4 Å². The second kappa shape index (κ2) is 11.0. The largest absolute Gasteiger partial charge is 0.481 e. The number of carboxylic acids is 1. The molecule has 2 amide bonds. The fourth-order valence-electron chi connectivity index (χ4n) is 4.03. The average Bonchev–Trinajstić information content (AvgIpc) is 3.12. The second-order valence-corrected chi connectivity index (χ2v) is 8.52. The number of ether oxygens (including phenoxy) is 1. The Bertz CT molecular complexity index is 962. The van der Waals surface area contributed by atoms with Crippen LogP contribution in [0.25, 0.3) is 11.1 Å². The Morgan fingerprint density at radius 2 is 1.55 bits per heavy atom. The quantitative estimate of drug-likeness (QED) is 0.574. The molecule has 0 saturated heterocycles. The van der Waals surface area contributed by atoms with E-state index < -0.39 is 18.1 Å². The fourth-order valence-corrected chi connectivity index (χ4v) is 4.03. The topological polar surface area (TPSA) is 99.2 Å². The summed E-state index contributed by atoms with van der Waals surface area (Å²) in [5, 5.41) is 11.6. The van der Waals surface area contributed by atoms with Gasteiger partial charge in [-0.25, -0.2) is 4.79 Å². The van der Waals surface area contributed by atoms with E-state index in [1.165, 1.54) is 4.90 Å². The number of rotatable bonds is 10. The molecule has 2 N–H and O–H groups in total. The number of fused-ring (bicyclic) bond motifs is 3. The number of carbonyl (C=O) groups excluding carboxylic acids is 2. The molecule has 1 aliphatic carbocycles. The van der Waals surface area contributed by atoms with Gasteiger partial charge in [-0.05, 0) is 42.8 Å². The van der Waals surface area contributed by atoms with Crippen LogP contribution in [0.2, 0.25) is 0 Å². The lowest BCUT2D eigenvalue weighted by Crippen LogP contribution is -2.49. The van der Waals surface area contributed by atoms with Crippen molar-refractivity contribution in [3.63, 3.8) is 0 Å². The van der Waals surface area contributed by atoms with Gasteiger partial charge in [0.25, 0.3) is 0 Å². The summed E-state index contributed by atoms with van der Waals surface area (Å²) in [6.45, 7) is 1.23. The Hall–Kier alpha value is -3.39. The van der Waals surface area contributed by atoms with E-state index in [9.17, 15) is 14.4 Å². The summed E-state index contributed by atoms with van der Waals surface area (Å²) in [5.74, 6) is -1.47. The molecule has 0 spiro atoms. The van der Waals surface area contributed by atoms with Gasteiger partial charge in [-0.15, -0.1) is 0 Å². The third-order valence-electron chi connectivity index (χ3n) is 5.84. The molecular formula is C25H31N3O5. The minimum absolute atomic E-state index is 0.00926. The van der Waals surface area contributed by atoms with Crippen LogP contribution in [0.4, 0.5) is 4.79 Å². The zero-order valence-electron chi connectivity index (χ0n) is 19.3. The molecule has 0 aliphatic heterocycles. The van der Waals surface area contributed by atoms with Crippen LogP contribution in [-0.2, 0) is 14.3 Å². The molecular weight excluding hydrogens is 422 g/mol. The molecule has 0 heterocycles. The number of hydrogen-bond donors (Lipinski definition) is 2. The summed E-state index contributed by atoms with van der Waals surface area (Å²) in [6.07, 6.45) is -0.978. The predicted molar refractivity (Wildman–Crippen MR) is 125 cm³/mol. The number of nitrogens with zero attached hydrogens (tertiary/aromatic N) is 2. The number of aliphatic carboxylic acids is 1. The normalized spacial score (nSPS) is 13.2. The number of carbonyl (C=O) groups is 3. The van der Waals surface area contributed by atoms with E-state index in [0.29, 0.717) is 13.1 Å². The van der Waals surface area contributed by atoms with Gasteiger partial charge in [0.15, 0.2) is 0 Å². The zero-order chi connectivity index (χ0) is 24.0. The molecule has 176 valence electrons. The van der Waals surface area contributed by atoms with Crippen molar-refractivity contribution in [2.75, 3.05) is 40.8 Å². The summed E-state index contributed by atoms with van der Waals surface area (Å²) in [6, 6.07) is 15.1. The van der Waals surface area contributed by atoms with Crippen LogP contribution < -0.4 is 5.32 Å². The van der Waals surface area contributed by atoms with Crippen molar-refractivity contribution in [1.82, 2.24) is 15.1 Å². The third-order valence-corrected chi connectivity index (χ3v) is 5.84. The molecule has 2 aromatic rings. The van der Waals surface area contributed by atoms with Crippen molar-refractivity contribution >= 4 is 18.0 Å². The van der Waals surface area contributed by atoms with Gasteiger partial charge in [0, 0.05) is 32.5 Å². The summed E-state index contributed by atoms with van der Waals surface area (Å²) in [7, 11) is 5.43. The number of benzene rings is 2. The number of amides is 2. The van der Waals surface area contributed by atoms with Crippen LogP contribution in [0.15, 0.2) is 48.5 Å². The number of alkyl carbamates (subject to hydrolysis) is 1. The second-order valence-electron chi connectivity index (χ2n) is 8.52. The molecule has 0 fully saturated rings. The highest BCUT2D eigenvalue weighted by molar-refractivity contribution is 5.86. The first-order valence-electron chi connectivity index (χ1n) is 11.0. The van der Waals surface area contributed by atoms with Crippen LogP contribution in [0.3, 0.4) is 0 Å². The standard InChI is InChI=1S/C25H31N3O5/c1-27(2)14-15-28(3)24(31)22(12-13-23(29)30)26-25(32)33-16-21-19-10-6-4-8-17(19)18-9-5-7-11-20(18)21/h4-11,21-22H,12-16H2,1-3H3,(H,26,32)(H,29,30). The van der Waals surface area contributed by atoms with E-state index in [-0.39, 0.29) is 31.3 Å². The maximum atomic E-state index is 12.8. The van der Waals surface area contributed by atoms with Crippen molar-refractivity contribution in [2.45, 2.75) is 24.8 Å². The minimum Gasteiger partial charge on any atom is -0.481 e. The van der Waals surface area contributed by atoms with E-state index in [2.05, 4.69) is 17.4 Å². The van der Waals surface area contributed by atoms with Crippen molar-refractivity contribution in [3.05, 3.63) is 59.7 Å². The Balaban J connectivity index is 1.65. The summed E-state index contributed by atoms with van der Waals surface area (Å²) < 4.78 is 5.53. The molecule has 1 unspecified atom stereocenters. The molecule has 8 nitrogen and oxygen atoms in total. The molecule has 8 heteroatoms. The zero-order valence-corrected chi connectivity index (χ0v) is 19.3. The van der Waals surface area contributed by atoms with Crippen molar-refractivity contribution in [3.8, 4) is 11.1 Å². The molecule has 1 atom stereocenters. The maximum absolute atomic E-state index is 12.8.